The molecule has 2 atom stereocenters. The second-order valence-corrected chi connectivity index (χ2v) is 4.98. The lowest BCUT2D eigenvalue weighted by Crippen LogP contribution is -2.51. The highest BCUT2D eigenvalue weighted by atomic mass is 16.3. The van der Waals surface area contributed by atoms with Crippen molar-refractivity contribution in [3.63, 3.8) is 0 Å². The number of nitrogens with one attached hydrogen (secondary N) is 1. The molecule has 4 heteroatoms. The molecule has 0 radical (unpaired) electrons. The Kier molecular flexibility index (Phi) is 4.18. The maximum atomic E-state index is 12.2. The van der Waals surface area contributed by atoms with Gasteiger partial charge in [-0.2, -0.15) is 0 Å². The van der Waals surface area contributed by atoms with E-state index < -0.39 is 0 Å². The molecule has 0 aromatic rings. The fourth-order valence-electron chi connectivity index (χ4n) is 2.70. The van der Waals surface area contributed by atoms with E-state index in [0.29, 0.717) is 5.92 Å². The molecule has 0 unspecified atom stereocenters. The van der Waals surface area contributed by atoms with E-state index in [4.69, 9.17) is 5.11 Å². The topological polar surface area (TPSA) is 52.6 Å². The minimum atomic E-state index is 0.0335. The highest BCUT2D eigenvalue weighted by molar-refractivity contribution is 5.82. The first-order valence-electron chi connectivity index (χ1n) is 6.44. The van der Waals surface area contributed by atoms with Gasteiger partial charge in [-0.15, -0.1) is 0 Å². The number of hydrogen-bond donors (Lipinski definition) is 2. The van der Waals surface area contributed by atoms with E-state index in [2.05, 4.69) is 5.32 Å². The summed E-state index contributed by atoms with van der Waals surface area (Å²) in [6.07, 6.45) is 5.39. The SMILES string of the molecule is O=C([C@H]1CCCCN1)N1CCC[C@@H](CO)C1. The van der Waals surface area contributed by atoms with Gasteiger partial charge in [0.1, 0.15) is 0 Å². The summed E-state index contributed by atoms with van der Waals surface area (Å²) in [7, 11) is 0. The van der Waals surface area contributed by atoms with Crippen molar-refractivity contribution in [1.29, 1.82) is 0 Å². The molecule has 92 valence electrons. The van der Waals surface area contributed by atoms with Crippen LogP contribution in [0.3, 0.4) is 0 Å². The Morgan fingerprint density at radius 1 is 1.31 bits per heavy atom. The third-order valence-corrected chi connectivity index (χ3v) is 3.70. The number of carbonyl (C=O) groups is 1. The van der Waals surface area contributed by atoms with Gasteiger partial charge in [0, 0.05) is 19.7 Å². The molecular weight excluding hydrogens is 204 g/mol. The first kappa shape index (κ1) is 11.9. The third kappa shape index (κ3) is 2.74. The molecule has 0 aromatic heterocycles. The van der Waals surface area contributed by atoms with Crippen molar-refractivity contribution >= 4 is 5.91 Å². The summed E-state index contributed by atoms with van der Waals surface area (Å²) >= 11 is 0. The molecule has 2 N–H and O–H groups in total. The Bertz CT molecular complexity index is 239. The molecule has 4 nitrogen and oxygen atoms in total. The van der Waals surface area contributed by atoms with Gasteiger partial charge in [-0.1, -0.05) is 6.42 Å². The number of aliphatic hydroxyl groups excluding tert-OH is 1. The van der Waals surface area contributed by atoms with E-state index in [0.717, 1.165) is 45.3 Å². The average Bonchev–Trinajstić information content (AvgIpc) is 2.39. The van der Waals surface area contributed by atoms with Gasteiger partial charge >= 0.3 is 0 Å². The molecule has 0 aliphatic carbocycles. The fraction of sp³-hybridized carbons (Fsp3) is 0.917. The lowest BCUT2D eigenvalue weighted by Gasteiger charge is -2.35. The molecule has 2 rings (SSSR count). The molecule has 2 aliphatic heterocycles. The van der Waals surface area contributed by atoms with Gasteiger partial charge < -0.3 is 15.3 Å². The van der Waals surface area contributed by atoms with Crippen molar-refractivity contribution in [2.45, 2.75) is 38.1 Å². The smallest absolute Gasteiger partial charge is 0.239 e. The van der Waals surface area contributed by atoms with Gasteiger partial charge in [-0.3, -0.25) is 4.79 Å². The number of likely N-dealkylation sites (tertiary alicyclic amines) is 1. The second-order valence-electron chi connectivity index (χ2n) is 4.98. The van der Waals surface area contributed by atoms with Crippen LogP contribution in [-0.2, 0) is 4.79 Å². The van der Waals surface area contributed by atoms with Crippen molar-refractivity contribution < 1.29 is 9.90 Å². The van der Waals surface area contributed by atoms with Crippen LogP contribution in [0.25, 0.3) is 0 Å². The van der Waals surface area contributed by atoms with E-state index in [-0.39, 0.29) is 18.6 Å². The standard InChI is InChI=1S/C12H22N2O2/c15-9-10-4-3-7-14(8-10)12(16)11-5-1-2-6-13-11/h10-11,13,15H,1-9H2/t10-,11-/m1/s1. The van der Waals surface area contributed by atoms with Crippen LogP contribution < -0.4 is 5.32 Å². The van der Waals surface area contributed by atoms with Crippen LogP contribution in [-0.4, -0.2) is 48.2 Å². The summed E-state index contributed by atoms with van der Waals surface area (Å²) in [6, 6.07) is 0.0335. The number of carbonyl (C=O) groups excluding carboxylic acids is 1. The van der Waals surface area contributed by atoms with Crippen LogP contribution in [0.4, 0.5) is 0 Å². The third-order valence-electron chi connectivity index (χ3n) is 3.70. The molecule has 0 aromatic carbocycles. The lowest BCUT2D eigenvalue weighted by molar-refractivity contribution is -0.136. The number of aliphatic hydroxyl groups is 1. The van der Waals surface area contributed by atoms with Crippen molar-refractivity contribution in [2.75, 3.05) is 26.2 Å². The highest BCUT2D eigenvalue weighted by Gasteiger charge is 2.29. The summed E-state index contributed by atoms with van der Waals surface area (Å²) in [6.45, 7) is 2.79. The van der Waals surface area contributed by atoms with Crippen LogP contribution in [0.5, 0.6) is 0 Å². The molecule has 0 spiro atoms. The largest absolute Gasteiger partial charge is 0.396 e. The van der Waals surface area contributed by atoms with Crippen LogP contribution in [0.2, 0.25) is 0 Å². The lowest BCUT2D eigenvalue weighted by atomic mass is 9.97. The summed E-state index contributed by atoms with van der Waals surface area (Å²) in [4.78, 5) is 14.1. The van der Waals surface area contributed by atoms with Gasteiger partial charge in [-0.05, 0) is 38.1 Å². The Labute approximate surface area is 97.0 Å². The molecule has 1 amide bonds. The zero-order chi connectivity index (χ0) is 11.4. The molecule has 2 saturated heterocycles. The predicted octanol–water partition coefficient (Wildman–Crippen LogP) is 0.359. The summed E-state index contributed by atoms with van der Waals surface area (Å²) in [5.74, 6) is 0.541. The number of hydrogen-bond acceptors (Lipinski definition) is 3. The second kappa shape index (κ2) is 5.64. The molecule has 2 fully saturated rings. The Balaban J connectivity index is 1.87. The van der Waals surface area contributed by atoms with E-state index >= 15 is 0 Å². The van der Waals surface area contributed by atoms with Gasteiger partial charge in [0.2, 0.25) is 5.91 Å². The Morgan fingerprint density at radius 3 is 2.88 bits per heavy atom. The van der Waals surface area contributed by atoms with E-state index in [1.165, 1.54) is 6.42 Å². The van der Waals surface area contributed by atoms with Crippen molar-refractivity contribution in [3.05, 3.63) is 0 Å². The minimum Gasteiger partial charge on any atom is -0.396 e. The predicted molar refractivity (Wildman–Crippen MR) is 62.0 cm³/mol. The number of nitrogens with zero attached hydrogens (tertiary/aromatic N) is 1. The van der Waals surface area contributed by atoms with Crippen molar-refractivity contribution in [3.8, 4) is 0 Å². The van der Waals surface area contributed by atoms with Crippen LogP contribution in [0, 0.1) is 5.92 Å². The van der Waals surface area contributed by atoms with E-state index in [9.17, 15) is 4.79 Å². The van der Waals surface area contributed by atoms with E-state index in [1.807, 2.05) is 4.90 Å². The maximum absolute atomic E-state index is 12.2. The zero-order valence-corrected chi connectivity index (χ0v) is 9.82. The first-order valence-corrected chi connectivity index (χ1v) is 6.44. The molecule has 2 heterocycles. The molecule has 2 aliphatic rings. The molecular formula is C12H22N2O2. The van der Waals surface area contributed by atoms with Crippen LogP contribution in [0.1, 0.15) is 32.1 Å². The monoisotopic (exact) mass is 226 g/mol. The average molecular weight is 226 g/mol. The Hall–Kier alpha value is -0.610. The number of rotatable bonds is 2. The summed E-state index contributed by atoms with van der Waals surface area (Å²) in [5.41, 5.74) is 0. The minimum absolute atomic E-state index is 0.0335. The number of amides is 1. The fourth-order valence-corrected chi connectivity index (χ4v) is 2.70. The zero-order valence-electron chi connectivity index (χ0n) is 9.82. The molecule has 0 bridgehead atoms. The highest BCUT2D eigenvalue weighted by Crippen LogP contribution is 2.18. The van der Waals surface area contributed by atoms with Gasteiger partial charge in [-0.25, -0.2) is 0 Å². The van der Waals surface area contributed by atoms with Gasteiger partial charge in [0.25, 0.3) is 0 Å². The number of piperidine rings is 2. The van der Waals surface area contributed by atoms with Gasteiger partial charge in [0.05, 0.1) is 6.04 Å². The molecule has 0 saturated carbocycles. The summed E-state index contributed by atoms with van der Waals surface area (Å²) in [5, 5.41) is 12.4. The maximum Gasteiger partial charge on any atom is 0.239 e. The quantitative estimate of drug-likeness (QED) is 0.715. The van der Waals surface area contributed by atoms with Crippen molar-refractivity contribution in [1.82, 2.24) is 10.2 Å². The van der Waals surface area contributed by atoms with Crippen LogP contribution in [0.15, 0.2) is 0 Å². The molecule has 16 heavy (non-hydrogen) atoms. The van der Waals surface area contributed by atoms with Crippen molar-refractivity contribution in [2.24, 2.45) is 5.92 Å². The van der Waals surface area contributed by atoms with Gasteiger partial charge in [0.15, 0.2) is 0 Å². The first-order chi connectivity index (χ1) is 7.81. The van der Waals surface area contributed by atoms with E-state index in [1.54, 1.807) is 0 Å². The Morgan fingerprint density at radius 2 is 2.19 bits per heavy atom. The van der Waals surface area contributed by atoms with Crippen LogP contribution >= 0.6 is 0 Å². The normalized spacial score (nSPS) is 31.4. The summed E-state index contributed by atoms with van der Waals surface area (Å²) < 4.78 is 0.